The van der Waals surface area contributed by atoms with Gasteiger partial charge in [0, 0.05) is 31.5 Å². The first-order valence-electron chi connectivity index (χ1n) is 8.37. The molecule has 1 aromatic heterocycles. The van der Waals surface area contributed by atoms with Gasteiger partial charge in [0.15, 0.2) is 11.5 Å². The Hall–Kier alpha value is -2.80. The van der Waals surface area contributed by atoms with Crippen LogP contribution < -0.4 is 20.1 Å². The zero-order chi connectivity index (χ0) is 18.9. The Kier molecular flexibility index (Phi) is 7.23. The van der Waals surface area contributed by atoms with E-state index in [2.05, 4.69) is 15.6 Å². The molecule has 140 valence electrons. The van der Waals surface area contributed by atoms with Crippen LogP contribution in [0.2, 0.25) is 0 Å². The highest BCUT2D eigenvalue weighted by molar-refractivity contribution is 5.93. The topological polar surface area (TPSA) is 75.7 Å². The van der Waals surface area contributed by atoms with Gasteiger partial charge in [0.25, 0.3) is 5.91 Å². The lowest BCUT2D eigenvalue weighted by molar-refractivity contribution is 0.0946. The molecule has 0 aliphatic heterocycles. The fourth-order valence-corrected chi connectivity index (χ4v) is 2.34. The van der Waals surface area contributed by atoms with Gasteiger partial charge in [-0.2, -0.15) is 0 Å². The van der Waals surface area contributed by atoms with Crippen molar-refractivity contribution >= 4 is 11.6 Å². The number of carbonyl (C=O) groups excluding carboxylic acids is 1. The normalized spacial score (nSPS) is 10.5. The van der Waals surface area contributed by atoms with Gasteiger partial charge in [-0.25, -0.2) is 0 Å². The summed E-state index contributed by atoms with van der Waals surface area (Å²) in [7, 11) is 7.14. The van der Waals surface area contributed by atoms with Crippen LogP contribution >= 0.6 is 0 Å². The Morgan fingerprint density at radius 3 is 2.58 bits per heavy atom. The zero-order valence-electron chi connectivity index (χ0n) is 15.7. The summed E-state index contributed by atoms with van der Waals surface area (Å²) >= 11 is 0. The lowest BCUT2D eigenvalue weighted by atomic mass is 10.2. The van der Waals surface area contributed by atoms with Gasteiger partial charge < -0.3 is 25.0 Å². The molecule has 1 amide bonds. The summed E-state index contributed by atoms with van der Waals surface area (Å²) in [6.07, 6.45) is 1.62. The van der Waals surface area contributed by atoms with E-state index >= 15 is 0 Å². The molecular weight excluding hydrogens is 332 g/mol. The lowest BCUT2D eigenvalue weighted by Gasteiger charge is -2.12. The van der Waals surface area contributed by atoms with E-state index in [4.69, 9.17) is 9.47 Å². The van der Waals surface area contributed by atoms with Gasteiger partial charge in [0.1, 0.15) is 5.69 Å². The van der Waals surface area contributed by atoms with Crippen LogP contribution in [0.5, 0.6) is 11.5 Å². The van der Waals surface area contributed by atoms with Crippen molar-refractivity contribution in [1.29, 1.82) is 0 Å². The van der Waals surface area contributed by atoms with Gasteiger partial charge in [0.05, 0.1) is 14.2 Å². The van der Waals surface area contributed by atoms with E-state index in [9.17, 15) is 4.79 Å². The standard InChI is InChI=1S/C19H26N4O3/c1-23(2)10-9-21-19(24)16-12-15(7-8-20-16)22-13-14-5-6-17(25-3)18(11-14)26-4/h5-8,11-12H,9-10,13H2,1-4H3,(H,20,22)(H,21,24). The molecule has 1 aromatic carbocycles. The molecule has 0 spiro atoms. The highest BCUT2D eigenvalue weighted by Gasteiger charge is 2.08. The predicted octanol–water partition coefficient (Wildman–Crippen LogP) is 2.00. The Morgan fingerprint density at radius 2 is 1.88 bits per heavy atom. The summed E-state index contributed by atoms with van der Waals surface area (Å²) in [5.74, 6) is 1.20. The van der Waals surface area contributed by atoms with Crippen LogP contribution in [-0.2, 0) is 6.54 Å². The maximum atomic E-state index is 12.2. The molecule has 0 atom stereocenters. The molecule has 0 bridgehead atoms. The quantitative estimate of drug-likeness (QED) is 0.714. The number of hydrogen-bond acceptors (Lipinski definition) is 6. The number of carbonyl (C=O) groups is 1. The summed E-state index contributed by atoms with van der Waals surface area (Å²) in [6.45, 7) is 1.95. The Labute approximate surface area is 154 Å². The van der Waals surface area contributed by atoms with Crippen LogP contribution in [0.1, 0.15) is 16.1 Å². The van der Waals surface area contributed by atoms with Crippen molar-refractivity contribution in [2.24, 2.45) is 0 Å². The third kappa shape index (κ3) is 5.63. The molecule has 26 heavy (non-hydrogen) atoms. The SMILES string of the molecule is COc1ccc(CNc2ccnc(C(=O)NCCN(C)C)c2)cc1OC. The second kappa shape index (κ2) is 9.62. The second-order valence-corrected chi connectivity index (χ2v) is 6.03. The van der Waals surface area contributed by atoms with Gasteiger partial charge >= 0.3 is 0 Å². The van der Waals surface area contributed by atoms with Crippen LogP contribution in [0.3, 0.4) is 0 Å². The van der Waals surface area contributed by atoms with E-state index in [0.29, 0.717) is 30.3 Å². The van der Waals surface area contributed by atoms with Crippen LogP contribution in [-0.4, -0.2) is 57.2 Å². The highest BCUT2D eigenvalue weighted by Crippen LogP contribution is 2.27. The number of amides is 1. The van der Waals surface area contributed by atoms with Crippen molar-refractivity contribution in [3.8, 4) is 11.5 Å². The van der Waals surface area contributed by atoms with Gasteiger partial charge in [-0.3, -0.25) is 9.78 Å². The summed E-state index contributed by atoms with van der Waals surface area (Å²) < 4.78 is 10.6. The molecule has 0 aliphatic rings. The number of nitrogens with zero attached hydrogens (tertiary/aromatic N) is 2. The van der Waals surface area contributed by atoms with E-state index in [-0.39, 0.29) is 5.91 Å². The molecule has 2 N–H and O–H groups in total. The second-order valence-electron chi connectivity index (χ2n) is 6.03. The molecule has 0 saturated heterocycles. The first-order valence-corrected chi connectivity index (χ1v) is 8.37. The van der Waals surface area contributed by atoms with Crippen molar-refractivity contribution in [3.63, 3.8) is 0 Å². The van der Waals surface area contributed by atoms with Crippen LogP contribution in [0.15, 0.2) is 36.5 Å². The molecule has 1 heterocycles. The minimum Gasteiger partial charge on any atom is -0.493 e. The number of hydrogen-bond donors (Lipinski definition) is 2. The number of ether oxygens (including phenoxy) is 2. The first kappa shape index (κ1) is 19.5. The molecule has 0 radical (unpaired) electrons. The largest absolute Gasteiger partial charge is 0.493 e. The number of benzene rings is 1. The van der Waals surface area contributed by atoms with Gasteiger partial charge in [0.2, 0.25) is 0 Å². The van der Waals surface area contributed by atoms with Gasteiger partial charge in [-0.15, -0.1) is 0 Å². The Morgan fingerprint density at radius 1 is 1.12 bits per heavy atom. The molecule has 0 fully saturated rings. The average molecular weight is 358 g/mol. The van der Waals surface area contributed by atoms with Crippen molar-refractivity contribution in [3.05, 3.63) is 47.8 Å². The van der Waals surface area contributed by atoms with Crippen molar-refractivity contribution in [2.45, 2.75) is 6.54 Å². The van der Waals surface area contributed by atoms with Crippen LogP contribution in [0.4, 0.5) is 5.69 Å². The van der Waals surface area contributed by atoms with Crippen LogP contribution in [0.25, 0.3) is 0 Å². The molecule has 7 nitrogen and oxygen atoms in total. The minimum absolute atomic E-state index is 0.179. The first-order chi connectivity index (χ1) is 12.5. The van der Waals surface area contributed by atoms with Gasteiger partial charge in [-0.1, -0.05) is 6.07 Å². The maximum Gasteiger partial charge on any atom is 0.269 e. The number of pyridine rings is 1. The van der Waals surface area contributed by atoms with E-state index in [1.807, 2.05) is 43.3 Å². The van der Waals surface area contributed by atoms with Crippen molar-refractivity contribution < 1.29 is 14.3 Å². The number of anilines is 1. The zero-order valence-corrected chi connectivity index (χ0v) is 15.7. The number of rotatable bonds is 9. The number of nitrogens with one attached hydrogen (secondary N) is 2. The molecule has 2 aromatic rings. The van der Waals surface area contributed by atoms with E-state index in [1.54, 1.807) is 26.5 Å². The minimum atomic E-state index is -0.179. The van der Waals surface area contributed by atoms with Crippen molar-refractivity contribution in [1.82, 2.24) is 15.2 Å². The summed E-state index contributed by atoms with van der Waals surface area (Å²) in [6, 6.07) is 9.32. The molecule has 0 aliphatic carbocycles. The number of aromatic nitrogens is 1. The van der Waals surface area contributed by atoms with Crippen LogP contribution in [0, 0.1) is 0 Å². The smallest absolute Gasteiger partial charge is 0.269 e. The highest BCUT2D eigenvalue weighted by atomic mass is 16.5. The maximum absolute atomic E-state index is 12.2. The number of methoxy groups -OCH3 is 2. The predicted molar refractivity (Wildman–Crippen MR) is 102 cm³/mol. The molecule has 0 unspecified atom stereocenters. The summed E-state index contributed by atoms with van der Waals surface area (Å²) in [4.78, 5) is 18.3. The molecule has 7 heteroatoms. The van der Waals surface area contributed by atoms with E-state index < -0.39 is 0 Å². The molecule has 0 saturated carbocycles. The van der Waals surface area contributed by atoms with E-state index in [0.717, 1.165) is 17.8 Å². The third-order valence-corrected chi connectivity index (χ3v) is 3.78. The van der Waals surface area contributed by atoms with E-state index in [1.165, 1.54) is 0 Å². The fraction of sp³-hybridized carbons (Fsp3) is 0.368. The van der Waals surface area contributed by atoms with Crippen molar-refractivity contribution in [2.75, 3.05) is 46.7 Å². The molecule has 2 rings (SSSR count). The lowest BCUT2D eigenvalue weighted by Crippen LogP contribution is -2.31. The van der Waals surface area contributed by atoms with Gasteiger partial charge in [-0.05, 0) is 43.9 Å². The Balaban J connectivity index is 1.97. The fourth-order valence-electron chi connectivity index (χ4n) is 2.34. The summed E-state index contributed by atoms with van der Waals surface area (Å²) in [5.41, 5.74) is 2.25. The summed E-state index contributed by atoms with van der Waals surface area (Å²) in [5, 5.41) is 6.15. The molecular formula is C19H26N4O3. The monoisotopic (exact) mass is 358 g/mol. The Bertz CT molecular complexity index is 734. The average Bonchev–Trinajstić information content (AvgIpc) is 2.65. The number of likely N-dealkylation sites (N-methyl/N-ethyl adjacent to an activating group) is 1. The third-order valence-electron chi connectivity index (χ3n) is 3.78.